The number of carbonyl (C=O) groups excluding carboxylic acids is 3. The summed E-state index contributed by atoms with van der Waals surface area (Å²) >= 11 is 0. The maximum Gasteiger partial charge on any atom is 0.331 e. The monoisotopic (exact) mass is 284 g/mol. The molecule has 0 aromatic heterocycles. The number of carbonyl (C=O) groups is 3. The van der Waals surface area contributed by atoms with Crippen molar-refractivity contribution in [1.82, 2.24) is 0 Å². The van der Waals surface area contributed by atoms with E-state index in [9.17, 15) is 23.2 Å². The standard InChI is InChI=1S/C13H10F2O5/c1-13(2)19-11(17)9(12(18)20-13)10(16)8-6(14)4-3-5-7(8)15/h3-5,9H,1-2H3. The van der Waals surface area contributed by atoms with Crippen molar-refractivity contribution in [3.63, 3.8) is 0 Å². The minimum Gasteiger partial charge on any atom is -0.422 e. The Bertz CT molecular complexity index is 569. The Morgan fingerprint density at radius 2 is 1.55 bits per heavy atom. The number of cyclic esters (lactones) is 2. The van der Waals surface area contributed by atoms with Gasteiger partial charge < -0.3 is 9.47 Å². The minimum atomic E-state index is -2.02. The van der Waals surface area contributed by atoms with Gasteiger partial charge in [-0.2, -0.15) is 0 Å². The third-order valence-electron chi connectivity index (χ3n) is 2.64. The summed E-state index contributed by atoms with van der Waals surface area (Å²) in [5.74, 6) is -9.59. The smallest absolute Gasteiger partial charge is 0.331 e. The third-order valence-corrected chi connectivity index (χ3v) is 2.64. The molecule has 0 radical (unpaired) electrons. The number of Topliss-reactive ketones (excluding diaryl/α,β-unsaturated/α-hetero) is 1. The second-order valence-electron chi connectivity index (χ2n) is 4.64. The average molecular weight is 284 g/mol. The Morgan fingerprint density at radius 3 is 2.00 bits per heavy atom. The Balaban J connectivity index is 2.39. The highest BCUT2D eigenvalue weighted by Gasteiger charge is 2.48. The molecule has 0 aliphatic carbocycles. The van der Waals surface area contributed by atoms with Gasteiger partial charge in [0.05, 0.1) is 5.56 Å². The van der Waals surface area contributed by atoms with Crippen LogP contribution in [0.3, 0.4) is 0 Å². The van der Waals surface area contributed by atoms with Crippen molar-refractivity contribution >= 4 is 17.7 Å². The lowest BCUT2D eigenvalue weighted by molar-refractivity contribution is -0.236. The number of ketones is 1. The van der Waals surface area contributed by atoms with Gasteiger partial charge in [-0.1, -0.05) is 6.07 Å². The van der Waals surface area contributed by atoms with Crippen LogP contribution in [0.1, 0.15) is 24.2 Å². The van der Waals surface area contributed by atoms with Crippen molar-refractivity contribution in [1.29, 1.82) is 0 Å². The maximum atomic E-state index is 13.5. The fourth-order valence-corrected chi connectivity index (χ4v) is 1.81. The summed E-state index contributed by atoms with van der Waals surface area (Å²) in [6, 6.07) is 2.75. The molecule has 7 heteroatoms. The molecule has 1 aromatic rings. The largest absolute Gasteiger partial charge is 0.422 e. The molecule has 0 spiro atoms. The van der Waals surface area contributed by atoms with Gasteiger partial charge in [0.1, 0.15) is 11.6 Å². The maximum absolute atomic E-state index is 13.5. The molecule has 0 N–H and O–H groups in total. The van der Waals surface area contributed by atoms with E-state index in [0.717, 1.165) is 18.2 Å². The van der Waals surface area contributed by atoms with Gasteiger partial charge in [-0.3, -0.25) is 14.4 Å². The van der Waals surface area contributed by atoms with Crippen molar-refractivity contribution in [2.75, 3.05) is 0 Å². The van der Waals surface area contributed by atoms with Crippen molar-refractivity contribution in [2.45, 2.75) is 19.6 Å². The number of halogens is 2. The van der Waals surface area contributed by atoms with Crippen LogP contribution in [-0.4, -0.2) is 23.5 Å². The van der Waals surface area contributed by atoms with Crippen LogP contribution in [0, 0.1) is 17.6 Å². The van der Waals surface area contributed by atoms with Gasteiger partial charge in [-0.15, -0.1) is 0 Å². The highest BCUT2D eigenvalue weighted by atomic mass is 19.1. The first-order valence-corrected chi connectivity index (χ1v) is 5.67. The highest BCUT2D eigenvalue weighted by Crippen LogP contribution is 2.27. The number of hydrogen-bond acceptors (Lipinski definition) is 5. The minimum absolute atomic E-state index is 0.847. The van der Waals surface area contributed by atoms with Crippen molar-refractivity contribution < 1.29 is 32.6 Å². The average Bonchev–Trinajstić information content (AvgIpc) is 2.25. The van der Waals surface area contributed by atoms with Crippen LogP contribution < -0.4 is 0 Å². The topological polar surface area (TPSA) is 69.7 Å². The lowest BCUT2D eigenvalue weighted by Gasteiger charge is -2.32. The summed E-state index contributed by atoms with van der Waals surface area (Å²) in [4.78, 5) is 35.3. The molecule has 2 rings (SSSR count). The number of rotatable bonds is 2. The van der Waals surface area contributed by atoms with Gasteiger partial charge in [0.25, 0.3) is 5.79 Å². The molecule has 1 fully saturated rings. The van der Waals surface area contributed by atoms with Crippen LogP contribution >= 0.6 is 0 Å². The van der Waals surface area contributed by atoms with Gasteiger partial charge in [0.15, 0.2) is 5.78 Å². The summed E-state index contributed by atoms with van der Waals surface area (Å²) in [7, 11) is 0. The molecule has 1 aliphatic heterocycles. The van der Waals surface area contributed by atoms with Crippen LogP contribution in [0.25, 0.3) is 0 Å². The summed E-state index contributed by atoms with van der Waals surface area (Å²) in [5.41, 5.74) is -0.967. The Morgan fingerprint density at radius 1 is 1.10 bits per heavy atom. The molecule has 20 heavy (non-hydrogen) atoms. The summed E-state index contributed by atoms with van der Waals surface area (Å²) < 4.78 is 36.5. The molecule has 1 heterocycles. The predicted molar refractivity (Wildman–Crippen MR) is 60.4 cm³/mol. The van der Waals surface area contributed by atoms with Crippen LogP contribution in [0.5, 0.6) is 0 Å². The van der Waals surface area contributed by atoms with E-state index in [1.165, 1.54) is 13.8 Å². The van der Waals surface area contributed by atoms with Crippen molar-refractivity contribution in [3.8, 4) is 0 Å². The van der Waals surface area contributed by atoms with E-state index < -0.39 is 46.6 Å². The SMILES string of the molecule is CC1(C)OC(=O)C(C(=O)c2c(F)cccc2F)C(=O)O1. The Hall–Kier alpha value is -2.31. The van der Waals surface area contributed by atoms with Crippen LogP contribution in [0.15, 0.2) is 18.2 Å². The van der Waals surface area contributed by atoms with Crippen LogP contribution in [0.2, 0.25) is 0 Å². The van der Waals surface area contributed by atoms with Crippen molar-refractivity contribution in [2.24, 2.45) is 5.92 Å². The van der Waals surface area contributed by atoms with E-state index in [-0.39, 0.29) is 0 Å². The predicted octanol–water partition coefficient (Wildman–Crippen LogP) is 1.60. The first-order chi connectivity index (χ1) is 9.23. The molecule has 1 saturated heterocycles. The van der Waals surface area contributed by atoms with Gasteiger partial charge in [-0.25, -0.2) is 8.78 Å². The lowest BCUT2D eigenvalue weighted by Crippen LogP contribution is -2.49. The number of benzene rings is 1. The fraction of sp³-hybridized carbons (Fsp3) is 0.308. The molecule has 0 saturated carbocycles. The molecule has 5 nitrogen and oxygen atoms in total. The molecule has 0 unspecified atom stereocenters. The van der Waals surface area contributed by atoms with E-state index in [1.807, 2.05) is 0 Å². The van der Waals surface area contributed by atoms with E-state index in [2.05, 4.69) is 0 Å². The van der Waals surface area contributed by atoms with Crippen LogP contribution in [0.4, 0.5) is 8.78 Å². The van der Waals surface area contributed by atoms with Gasteiger partial charge in [-0.05, 0) is 12.1 Å². The summed E-state index contributed by atoms with van der Waals surface area (Å²) in [6.07, 6.45) is 0. The zero-order valence-corrected chi connectivity index (χ0v) is 10.6. The molecular weight excluding hydrogens is 274 g/mol. The lowest BCUT2D eigenvalue weighted by atomic mass is 9.96. The summed E-state index contributed by atoms with van der Waals surface area (Å²) in [5, 5.41) is 0. The second kappa shape index (κ2) is 4.66. The molecule has 0 atom stereocenters. The molecule has 106 valence electrons. The van der Waals surface area contributed by atoms with E-state index in [4.69, 9.17) is 9.47 Å². The molecule has 1 aromatic carbocycles. The highest BCUT2D eigenvalue weighted by molar-refractivity contribution is 6.21. The number of esters is 2. The molecule has 0 bridgehead atoms. The van der Waals surface area contributed by atoms with E-state index >= 15 is 0 Å². The van der Waals surface area contributed by atoms with Crippen LogP contribution in [-0.2, 0) is 19.1 Å². The Kier molecular flexibility index (Phi) is 3.29. The first kappa shape index (κ1) is 14.1. The summed E-state index contributed by atoms with van der Waals surface area (Å²) in [6.45, 7) is 2.60. The molecular formula is C13H10F2O5. The number of ether oxygens (including phenoxy) is 2. The van der Waals surface area contributed by atoms with Gasteiger partial charge >= 0.3 is 11.9 Å². The van der Waals surface area contributed by atoms with E-state index in [0.29, 0.717) is 0 Å². The quantitative estimate of drug-likeness (QED) is 0.468. The molecule has 1 aliphatic rings. The van der Waals surface area contributed by atoms with Gasteiger partial charge in [0.2, 0.25) is 5.92 Å². The Labute approximate surface area is 112 Å². The van der Waals surface area contributed by atoms with E-state index in [1.54, 1.807) is 0 Å². The third kappa shape index (κ3) is 2.38. The van der Waals surface area contributed by atoms with Gasteiger partial charge in [0, 0.05) is 13.8 Å². The zero-order chi connectivity index (χ0) is 15.1. The van der Waals surface area contributed by atoms with Crippen molar-refractivity contribution in [3.05, 3.63) is 35.4 Å². The zero-order valence-electron chi connectivity index (χ0n) is 10.6. The first-order valence-electron chi connectivity index (χ1n) is 5.67. The molecule has 0 amide bonds. The normalized spacial score (nSPS) is 18.4. The fourth-order valence-electron chi connectivity index (χ4n) is 1.81. The number of hydrogen-bond donors (Lipinski definition) is 0. The second-order valence-corrected chi connectivity index (χ2v) is 4.64.